The number of carbonyl (C=O) groups is 2. The third kappa shape index (κ3) is 14.4. The van der Waals surface area contributed by atoms with Crippen LogP contribution in [0, 0.1) is 3.95 Å². The number of carbonyl (C=O) groups excluding carboxylic acids is 2. The molecule has 6 rings (SSSR count). The van der Waals surface area contributed by atoms with E-state index in [1.807, 2.05) is 49.5 Å². The Kier molecular flexibility index (Phi) is 18.9. The Morgan fingerprint density at radius 2 is 1.27 bits per heavy atom. The normalized spacial score (nSPS) is 14.6. The van der Waals surface area contributed by atoms with Crippen LogP contribution in [0.15, 0.2) is 65.6 Å². The molecule has 1 aliphatic rings. The second-order valence-electron chi connectivity index (χ2n) is 18.7. The number of nitrogens with zero attached hydrogens (tertiary/aromatic N) is 2. The van der Waals surface area contributed by atoms with Crippen molar-refractivity contribution in [1.29, 1.82) is 0 Å². The summed E-state index contributed by atoms with van der Waals surface area (Å²) in [6.07, 6.45) is 6.37. The van der Waals surface area contributed by atoms with Crippen LogP contribution in [0.1, 0.15) is 160 Å². The summed E-state index contributed by atoms with van der Waals surface area (Å²) in [7, 11) is 0. The first-order valence-corrected chi connectivity index (χ1v) is 26.2. The number of hydrogen-bond donors (Lipinski definition) is 2. The van der Waals surface area contributed by atoms with Crippen LogP contribution in [-0.2, 0) is 33.3 Å². The summed E-state index contributed by atoms with van der Waals surface area (Å²) >= 11 is 10.5. The number of aromatic nitrogens is 3. The molecule has 0 spiro atoms. The Hall–Kier alpha value is -3.71. The smallest absolute Gasteiger partial charge is 0.216 e. The molecule has 4 heterocycles. The summed E-state index contributed by atoms with van der Waals surface area (Å²) in [4.78, 5) is 40.1. The summed E-state index contributed by atoms with van der Waals surface area (Å²) in [6, 6.07) is 20.8. The number of fused-ring (bicyclic) bond motifs is 2. The molecule has 0 bridgehead atoms. The number of benzene rings is 2. The molecule has 0 amide bonds. The highest BCUT2D eigenvalue weighted by molar-refractivity contribution is 8.17. The Morgan fingerprint density at radius 3 is 1.77 bits per heavy atom. The minimum Gasteiger partial charge on any atom is -0.477 e. The van der Waals surface area contributed by atoms with Gasteiger partial charge >= 0.3 is 0 Å². The first-order chi connectivity index (χ1) is 30.4. The fourth-order valence-corrected chi connectivity index (χ4v) is 10.6. The largest absolute Gasteiger partial charge is 0.477 e. The van der Waals surface area contributed by atoms with Gasteiger partial charge < -0.3 is 19.8 Å². The van der Waals surface area contributed by atoms with Gasteiger partial charge in [0, 0.05) is 68.6 Å². The van der Waals surface area contributed by atoms with E-state index >= 15 is 0 Å². The molecule has 0 saturated carbocycles. The van der Waals surface area contributed by atoms with Gasteiger partial charge in [-0.3, -0.25) is 9.59 Å². The molecule has 3 aromatic heterocycles. The van der Waals surface area contributed by atoms with Gasteiger partial charge in [0.2, 0.25) is 11.8 Å². The van der Waals surface area contributed by atoms with Gasteiger partial charge in [-0.25, -0.2) is 9.97 Å². The van der Waals surface area contributed by atoms with E-state index in [1.165, 1.54) is 10.6 Å². The Balaban J connectivity index is 0.000000241. The Labute approximate surface area is 400 Å². The number of pyridine rings is 2. The third-order valence-electron chi connectivity index (χ3n) is 11.4. The quantitative estimate of drug-likeness (QED) is 0.0579. The summed E-state index contributed by atoms with van der Waals surface area (Å²) in [5.74, 6) is 2.63. The number of ether oxygens (including phenoxy) is 2. The number of Topliss-reactive ketones (excluding diaryl/α,β-unsaturated/α-hetero) is 2. The lowest BCUT2D eigenvalue weighted by Gasteiger charge is -2.20. The molecule has 5 aromatic rings. The summed E-state index contributed by atoms with van der Waals surface area (Å²) in [6.45, 7) is 24.7. The maximum Gasteiger partial charge on any atom is 0.216 e. The highest BCUT2D eigenvalue weighted by atomic mass is 32.2. The number of nitrogens with one attached hydrogen (secondary N) is 2. The number of aromatic amines is 1. The van der Waals surface area contributed by atoms with Gasteiger partial charge in [0.05, 0.1) is 23.4 Å². The molecule has 1 aliphatic heterocycles. The lowest BCUT2D eigenvalue weighted by atomic mass is 9.90. The van der Waals surface area contributed by atoms with Gasteiger partial charge in [-0.2, -0.15) is 0 Å². The zero-order valence-electron chi connectivity index (χ0n) is 39.9. The van der Waals surface area contributed by atoms with Crippen LogP contribution in [0.5, 0.6) is 11.8 Å². The van der Waals surface area contributed by atoms with Crippen LogP contribution in [0.25, 0.3) is 10.2 Å². The number of anilines is 1. The minimum atomic E-state index is -0.161. The first kappa shape index (κ1) is 51.3. The van der Waals surface area contributed by atoms with E-state index in [9.17, 15) is 9.59 Å². The maximum absolute atomic E-state index is 13.1. The lowest BCUT2D eigenvalue weighted by Crippen LogP contribution is -2.16. The van der Waals surface area contributed by atoms with Gasteiger partial charge in [-0.15, -0.1) is 23.1 Å². The highest BCUT2D eigenvalue weighted by Crippen LogP contribution is 2.44. The third-order valence-corrected chi connectivity index (χ3v) is 15.0. The van der Waals surface area contributed by atoms with Crippen molar-refractivity contribution in [2.45, 2.75) is 160 Å². The number of ketones is 2. The average molecular weight is 943 g/mol. The number of H-pyrrole nitrogens is 1. The number of hydrogen-bond acceptors (Lipinski definition) is 11. The Bertz CT molecular complexity index is 2400. The van der Waals surface area contributed by atoms with Crippen molar-refractivity contribution < 1.29 is 19.1 Å². The second-order valence-corrected chi connectivity index (χ2v) is 23.2. The predicted molar refractivity (Wildman–Crippen MR) is 275 cm³/mol. The molecule has 8 nitrogen and oxygen atoms in total. The molecule has 3 atom stereocenters. The zero-order valence-corrected chi connectivity index (χ0v) is 43.2. The van der Waals surface area contributed by atoms with E-state index in [0.717, 1.165) is 79.2 Å². The summed E-state index contributed by atoms with van der Waals surface area (Å²) < 4.78 is 14.3. The fourth-order valence-electron chi connectivity index (χ4n) is 7.11. The molecular formula is C52H70N4O4S4. The first-order valence-electron chi connectivity index (χ1n) is 23.0. The molecule has 2 aromatic carbocycles. The van der Waals surface area contributed by atoms with Crippen LogP contribution in [-0.4, -0.2) is 50.2 Å². The monoisotopic (exact) mass is 942 g/mol. The van der Waals surface area contributed by atoms with Gasteiger partial charge in [-0.05, 0) is 91.2 Å². The van der Waals surface area contributed by atoms with E-state index < -0.39 is 0 Å². The molecule has 346 valence electrons. The van der Waals surface area contributed by atoms with Crippen molar-refractivity contribution in [3.63, 3.8) is 0 Å². The van der Waals surface area contributed by atoms with Gasteiger partial charge in [0.1, 0.15) is 16.3 Å². The average Bonchev–Trinajstić information content (AvgIpc) is 3.85. The minimum absolute atomic E-state index is 0.0409. The van der Waals surface area contributed by atoms with Crippen LogP contribution in [0.3, 0.4) is 0 Å². The van der Waals surface area contributed by atoms with Crippen molar-refractivity contribution in [2.75, 3.05) is 24.3 Å². The van der Waals surface area contributed by atoms with Crippen molar-refractivity contribution in [1.82, 2.24) is 15.0 Å². The van der Waals surface area contributed by atoms with Crippen molar-refractivity contribution >= 4 is 74.5 Å². The molecular weight excluding hydrogens is 873 g/mol. The zero-order chi connectivity index (χ0) is 46.6. The van der Waals surface area contributed by atoms with Crippen LogP contribution >= 0.6 is 47.1 Å². The maximum atomic E-state index is 13.1. The molecule has 2 N–H and O–H groups in total. The van der Waals surface area contributed by atoms with Crippen molar-refractivity contribution in [2.24, 2.45) is 0 Å². The van der Waals surface area contributed by atoms with Gasteiger partial charge in [0.15, 0.2) is 3.95 Å². The van der Waals surface area contributed by atoms with Gasteiger partial charge in [0.25, 0.3) is 0 Å². The Morgan fingerprint density at radius 1 is 0.750 bits per heavy atom. The molecule has 12 heteroatoms. The number of unbranched alkanes of at least 4 members (excludes halogenated alkanes) is 2. The second kappa shape index (κ2) is 23.7. The predicted octanol–water partition coefficient (Wildman–Crippen LogP) is 14.6. The molecule has 0 aliphatic carbocycles. The number of thiazole rings is 1. The van der Waals surface area contributed by atoms with E-state index in [1.54, 1.807) is 11.3 Å². The number of aryl methyl sites for hydroxylation is 2. The lowest BCUT2D eigenvalue weighted by molar-refractivity contribution is -0.120. The molecule has 64 heavy (non-hydrogen) atoms. The number of thioether (sulfide) groups is 2. The fraction of sp³-hybridized carbons (Fsp3) is 0.519. The highest BCUT2D eigenvalue weighted by Gasteiger charge is 2.25. The van der Waals surface area contributed by atoms with Crippen LogP contribution < -0.4 is 14.8 Å². The van der Waals surface area contributed by atoms with E-state index in [-0.39, 0.29) is 34.2 Å². The topological polar surface area (TPSA) is 106 Å². The molecule has 0 fully saturated rings. The van der Waals surface area contributed by atoms with Crippen molar-refractivity contribution in [3.8, 4) is 11.8 Å². The van der Waals surface area contributed by atoms with E-state index in [0.29, 0.717) is 55.4 Å². The summed E-state index contributed by atoms with van der Waals surface area (Å²) in [5, 5.41) is 3.54. The molecule has 3 unspecified atom stereocenters. The molecule has 0 radical (unpaired) electrons. The molecule has 0 saturated heterocycles. The standard InChI is InChI=1S/C27H38N2O2S2.C25H32N2O2S2/c1-7-9-16-31-25-19(12-15-24(29-25)27(4,5)6)11-14-22(30)18(3)20-10-13-21-23(17-20)33-26(28-21)32-8-2;1-6-7-14-29-23-17(10-13-22(27-23)25(3,4)5)9-12-20(28)16(2)18-8-11-19-21(15-18)31-24(30)26-19/h10,12-13,15,17-18,26,28H,7-9,11,14,16H2,1-6H3;8,10-11,13,15-16H,6-7,9,12,14H2,1-5H3,(H,26,30). The number of rotatable bonds is 20. The van der Waals surface area contributed by atoms with Crippen LogP contribution in [0.2, 0.25) is 0 Å². The summed E-state index contributed by atoms with van der Waals surface area (Å²) in [5.41, 5.74) is 8.28. The van der Waals surface area contributed by atoms with Crippen molar-refractivity contribution in [3.05, 3.63) is 98.3 Å². The van der Waals surface area contributed by atoms with Crippen LogP contribution in [0.4, 0.5) is 5.69 Å². The van der Waals surface area contributed by atoms with E-state index in [2.05, 4.69) is 121 Å². The SMILES string of the molecule is CCCCOc1nc(C(C)(C)C)ccc1CCC(=O)C(C)c1ccc2[nH]c(=S)sc2c1.CCCCOc1nc(C(C)(C)C)ccc1CCC(=O)C(C)c1ccc2c(c1)SC(SCC)N2. The van der Waals surface area contributed by atoms with Gasteiger partial charge in [-0.1, -0.05) is 125 Å². The van der Waals surface area contributed by atoms with E-state index in [4.69, 9.17) is 31.7 Å².